The van der Waals surface area contributed by atoms with Gasteiger partial charge in [0, 0.05) is 24.7 Å². The molecule has 0 aliphatic heterocycles. The SMILES string of the molecule is O=[N+]([O-])c1ccc(CN(CCO)CC(F)F)c([N+](=O)[O-])c1. The molecule has 10 heteroatoms. The average molecular weight is 305 g/mol. The van der Waals surface area contributed by atoms with Gasteiger partial charge >= 0.3 is 0 Å². The van der Waals surface area contributed by atoms with Crippen molar-refractivity contribution in [2.75, 3.05) is 19.7 Å². The highest BCUT2D eigenvalue weighted by atomic mass is 19.3. The lowest BCUT2D eigenvalue weighted by molar-refractivity contribution is -0.394. The number of alkyl halides is 2. The Bertz CT molecular complexity index is 527. The normalized spacial score (nSPS) is 11.1. The fraction of sp³-hybridized carbons (Fsp3) is 0.455. The largest absolute Gasteiger partial charge is 0.395 e. The van der Waals surface area contributed by atoms with Gasteiger partial charge in [-0.3, -0.25) is 25.1 Å². The van der Waals surface area contributed by atoms with Crippen molar-refractivity contribution in [3.05, 3.63) is 44.0 Å². The second-order valence-corrected chi connectivity index (χ2v) is 4.18. The Morgan fingerprint density at radius 2 is 1.90 bits per heavy atom. The van der Waals surface area contributed by atoms with E-state index in [0.29, 0.717) is 0 Å². The Labute approximate surface area is 117 Å². The Kier molecular flexibility index (Phi) is 6.06. The summed E-state index contributed by atoms with van der Waals surface area (Å²) in [4.78, 5) is 21.1. The lowest BCUT2D eigenvalue weighted by atomic mass is 10.1. The zero-order valence-electron chi connectivity index (χ0n) is 10.8. The van der Waals surface area contributed by atoms with Gasteiger partial charge in [0.15, 0.2) is 0 Å². The molecular formula is C11H13F2N3O5. The minimum Gasteiger partial charge on any atom is -0.395 e. The van der Waals surface area contributed by atoms with Gasteiger partial charge in [0.05, 0.1) is 29.1 Å². The number of nitro groups is 2. The van der Waals surface area contributed by atoms with Gasteiger partial charge < -0.3 is 5.11 Å². The summed E-state index contributed by atoms with van der Waals surface area (Å²) >= 11 is 0. The van der Waals surface area contributed by atoms with Crippen molar-refractivity contribution in [2.45, 2.75) is 13.0 Å². The van der Waals surface area contributed by atoms with Crippen molar-refractivity contribution in [3.63, 3.8) is 0 Å². The van der Waals surface area contributed by atoms with Gasteiger partial charge in [-0.1, -0.05) is 0 Å². The predicted octanol–water partition coefficient (Wildman–Crippen LogP) is 1.56. The fourth-order valence-electron chi connectivity index (χ4n) is 1.78. The molecule has 0 spiro atoms. The Morgan fingerprint density at radius 1 is 1.24 bits per heavy atom. The van der Waals surface area contributed by atoms with E-state index in [-0.39, 0.29) is 25.3 Å². The van der Waals surface area contributed by atoms with E-state index in [0.717, 1.165) is 23.1 Å². The third-order valence-electron chi connectivity index (χ3n) is 2.68. The topological polar surface area (TPSA) is 110 Å². The van der Waals surface area contributed by atoms with E-state index >= 15 is 0 Å². The highest BCUT2D eigenvalue weighted by Crippen LogP contribution is 2.25. The molecule has 21 heavy (non-hydrogen) atoms. The molecule has 0 bridgehead atoms. The van der Waals surface area contributed by atoms with E-state index in [1.807, 2.05) is 0 Å². The van der Waals surface area contributed by atoms with Crippen LogP contribution in [0.3, 0.4) is 0 Å². The number of benzene rings is 1. The third kappa shape index (κ3) is 5.00. The van der Waals surface area contributed by atoms with Crippen LogP contribution in [-0.2, 0) is 6.54 Å². The minimum absolute atomic E-state index is 0.0692. The van der Waals surface area contributed by atoms with Gasteiger partial charge in [0.1, 0.15) is 0 Å². The lowest BCUT2D eigenvalue weighted by Gasteiger charge is -2.20. The minimum atomic E-state index is -2.66. The zero-order valence-corrected chi connectivity index (χ0v) is 10.8. The van der Waals surface area contributed by atoms with Gasteiger partial charge in [-0.15, -0.1) is 0 Å². The Morgan fingerprint density at radius 3 is 2.38 bits per heavy atom. The summed E-state index contributed by atoms with van der Waals surface area (Å²) in [6.07, 6.45) is -2.66. The van der Waals surface area contributed by atoms with E-state index in [4.69, 9.17) is 5.11 Å². The summed E-state index contributed by atoms with van der Waals surface area (Å²) in [6.45, 7) is -1.33. The molecule has 0 radical (unpaired) electrons. The van der Waals surface area contributed by atoms with Crippen LogP contribution < -0.4 is 0 Å². The van der Waals surface area contributed by atoms with Crippen LogP contribution in [0.1, 0.15) is 5.56 Å². The number of aliphatic hydroxyl groups excluding tert-OH is 1. The smallest absolute Gasteiger partial charge is 0.280 e. The molecule has 116 valence electrons. The molecule has 1 rings (SSSR count). The van der Waals surface area contributed by atoms with E-state index in [1.165, 1.54) is 0 Å². The van der Waals surface area contributed by atoms with E-state index in [2.05, 4.69) is 0 Å². The van der Waals surface area contributed by atoms with Crippen LogP contribution in [0.5, 0.6) is 0 Å². The number of hydrogen-bond donors (Lipinski definition) is 1. The number of nitro benzene ring substituents is 2. The number of hydrogen-bond acceptors (Lipinski definition) is 6. The van der Waals surface area contributed by atoms with Crippen LogP contribution in [0.25, 0.3) is 0 Å². The molecule has 1 N–H and O–H groups in total. The lowest BCUT2D eigenvalue weighted by Crippen LogP contribution is -2.31. The maximum absolute atomic E-state index is 12.4. The average Bonchev–Trinajstić information content (AvgIpc) is 2.38. The maximum atomic E-state index is 12.4. The van der Waals surface area contributed by atoms with Crippen LogP contribution in [0.4, 0.5) is 20.2 Å². The van der Waals surface area contributed by atoms with E-state index < -0.39 is 34.2 Å². The Hall–Kier alpha value is -2.20. The van der Waals surface area contributed by atoms with Gasteiger partial charge in [0.25, 0.3) is 17.8 Å². The van der Waals surface area contributed by atoms with Gasteiger partial charge in [-0.25, -0.2) is 8.78 Å². The van der Waals surface area contributed by atoms with Gasteiger partial charge in [-0.2, -0.15) is 0 Å². The Balaban J connectivity index is 3.04. The van der Waals surface area contributed by atoms with E-state index in [9.17, 15) is 29.0 Å². The number of nitrogens with zero attached hydrogens (tertiary/aromatic N) is 3. The van der Waals surface area contributed by atoms with Crippen LogP contribution in [0.15, 0.2) is 18.2 Å². The molecule has 0 aliphatic carbocycles. The van der Waals surface area contributed by atoms with Crippen LogP contribution in [0.2, 0.25) is 0 Å². The maximum Gasteiger partial charge on any atom is 0.280 e. The molecule has 0 heterocycles. The number of non-ortho nitro benzene ring substituents is 1. The van der Waals surface area contributed by atoms with Crippen molar-refractivity contribution in [2.24, 2.45) is 0 Å². The van der Waals surface area contributed by atoms with Crippen molar-refractivity contribution in [3.8, 4) is 0 Å². The molecule has 0 aromatic heterocycles. The third-order valence-corrected chi connectivity index (χ3v) is 2.68. The van der Waals surface area contributed by atoms with E-state index in [1.54, 1.807) is 0 Å². The zero-order chi connectivity index (χ0) is 16.0. The molecule has 0 saturated heterocycles. The summed E-state index contributed by atoms with van der Waals surface area (Å²) in [5.74, 6) is 0. The van der Waals surface area contributed by atoms with Crippen LogP contribution in [-0.4, -0.2) is 46.0 Å². The van der Waals surface area contributed by atoms with Crippen LogP contribution >= 0.6 is 0 Å². The number of halogens is 2. The summed E-state index contributed by atoms with van der Waals surface area (Å²) in [5.41, 5.74) is -0.894. The summed E-state index contributed by atoms with van der Waals surface area (Å²) in [7, 11) is 0. The quantitative estimate of drug-likeness (QED) is 0.576. The molecule has 0 fully saturated rings. The first-order chi connectivity index (χ1) is 9.85. The standard InChI is InChI=1S/C11H13F2N3O5/c12-11(13)7-14(3-4-17)6-8-1-2-9(15(18)19)5-10(8)16(20)21/h1-2,5,11,17H,3-4,6-7H2. The second kappa shape index (κ2) is 7.55. The predicted molar refractivity (Wildman–Crippen MR) is 68.1 cm³/mol. The molecule has 1 aromatic rings. The van der Waals surface area contributed by atoms with Crippen LogP contribution in [0, 0.1) is 20.2 Å². The molecule has 0 saturated carbocycles. The molecule has 8 nitrogen and oxygen atoms in total. The second-order valence-electron chi connectivity index (χ2n) is 4.18. The van der Waals surface area contributed by atoms with Gasteiger partial charge in [-0.05, 0) is 6.07 Å². The number of rotatable bonds is 8. The fourth-order valence-corrected chi connectivity index (χ4v) is 1.78. The van der Waals surface area contributed by atoms with Crippen molar-refractivity contribution >= 4 is 11.4 Å². The van der Waals surface area contributed by atoms with Crippen molar-refractivity contribution < 1.29 is 23.7 Å². The first kappa shape index (κ1) is 16.9. The number of aliphatic hydroxyl groups is 1. The summed E-state index contributed by atoms with van der Waals surface area (Å²) in [5, 5.41) is 30.3. The molecule has 0 aliphatic rings. The molecular weight excluding hydrogens is 292 g/mol. The molecule has 0 atom stereocenters. The van der Waals surface area contributed by atoms with Gasteiger partial charge in [0.2, 0.25) is 0 Å². The van der Waals surface area contributed by atoms with Crippen molar-refractivity contribution in [1.29, 1.82) is 0 Å². The monoisotopic (exact) mass is 305 g/mol. The highest BCUT2D eigenvalue weighted by Gasteiger charge is 2.22. The molecule has 0 unspecified atom stereocenters. The first-order valence-electron chi connectivity index (χ1n) is 5.88. The first-order valence-corrected chi connectivity index (χ1v) is 5.88. The highest BCUT2D eigenvalue weighted by molar-refractivity contribution is 5.49. The summed E-state index contributed by atoms with van der Waals surface area (Å²) < 4.78 is 24.8. The molecule has 0 amide bonds. The molecule has 1 aromatic carbocycles. The summed E-state index contributed by atoms with van der Waals surface area (Å²) in [6, 6.07) is 3.02. The van der Waals surface area contributed by atoms with Crippen molar-refractivity contribution in [1.82, 2.24) is 4.90 Å².